The lowest BCUT2D eigenvalue weighted by atomic mass is 9.93. The summed E-state index contributed by atoms with van der Waals surface area (Å²) in [6, 6.07) is 75.8. The number of hydrogen-bond donors (Lipinski definition) is 1. The van der Waals surface area contributed by atoms with Crippen LogP contribution in [-0.2, 0) is 0 Å². The molecule has 65 heavy (non-hydrogen) atoms. The fourth-order valence-corrected chi connectivity index (χ4v) is 10.0. The third-order valence-corrected chi connectivity index (χ3v) is 13.2. The van der Waals surface area contributed by atoms with E-state index in [1.807, 2.05) is 30.3 Å². The van der Waals surface area contributed by atoms with Crippen LogP contribution in [0.15, 0.2) is 228 Å². The van der Waals surface area contributed by atoms with E-state index in [1.165, 1.54) is 14.8 Å². The van der Waals surface area contributed by atoms with Gasteiger partial charge in [0, 0.05) is 48.0 Å². The normalized spacial score (nSPS) is 13.7. The number of fused-ring (bicyclic) bond motifs is 4. The summed E-state index contributed by atoms with van der Waals surface area (Å²) in [5.74, 6) is 3.31. The van der Waals surface area contributed by atoms with Crippen molar-refractivity contribution >= 4 is 54.0 Å². The highest BCUT2D eigenvalue weighted by atomic mass is 32.1. The Morgan fingerprint density at radius 1 is 0.385 bits per heavy atom. The zero-order valence-electron chi connectivity index (χ0n) is 35.0. The number of aromatic nitrogens is 3. The fourth-order valence-electron chi connectivity index (χ4n) is 8.91. The zero-order valence-corrected chi connectivity index (χ0v) is 35.8. The van der Waals surface area contributed by atoms with Gasteiger partial charge in [-0.2, -0.15) is 0 Å². The Kier molecular flexibility index (Phi) is 9.65. The van der Waals surface area contributed by atoms with E-state index in [0.29, 0.717) is 23.3 Å². The smallest absolute Gasteiger partial charge is 0.165 e. The number of rotatable bonds is 8. The topological polar surface area (TPSA) is 75.4 Å². The second kappa shape index (κ2) is 16.4. The molecule has 3 heterocycles. The van der Waals surface area contributed by atoms with Gasteiger partial charge in [0.15, 0.2) is 23.3 Å². The van der Waals surface area contributed by atoms with Crippen molar-refractivity contribution in [3.63, 3.8) is 0 Å². The average Bonchev–Trinajstić information content (AvgIpc) is 3.78. The second-order valence-corrected chi connectivity index (χ2v) is 17.1. The Morgan fingerprint density at radius 3 is 1.77 bits per heavy atom. The lowest BCUT2D eigenvalue weighted by molar-refractivity contribution is 0.674. The molecule has 1 unspecified atom stereocenters. The standard InChI is InChI=1S/C58H38N6S/c1-4-17-37(18-5-1)43-26-12-13-27-46(43)56-60-53(40-20-6-2-7-21-40)59-55(62-56)42-33-31-39(32-34-42)45-35-36-50-51(48-28-14-15-30-49(48)65-50)52(45)58-63-54(41-22-8-3-9-23-41)61-57(64-58)47-29-16-24-38-19-10-11-25-44(38)47/h1-36,53H,(H,59,60,62). The zero-order chi connectivity index (χ0) is 43.1. The third kappa shape index (κ3) is 7.14. The molecule has 11 aromatic rings. The van der Waals surface area contributed by atoms with Gasteiger partial charge >= 0.3 is 0 Å². The highest BCUT2D eigenvalue weighted by molar-refractivity contribution is 7.26. The number of aliphatic imine (C=N–C) groups is 2. The van der Waals surface area contributed by atoms with E-state index in [4.69, 9.17) is 24.9 Å². The van der Waals surface area contributed by atoms with Gasteiger partial charge in [0.2, 0.25) is 0 Å². The van der Waals surface area contributed by atoms with Crippen LogP contribution < -0.4 is 5.32 Å². The summed E-state index contributed by atoms with van der Waals surface area (Å²) in [6.07, 6.45) is -0.332. The molecule has 1 atom stereocenters. The van der Waals surface area contributed by atoms with Crippen LogP contribution in [0, 0.1) is 0 Å². The fraction of sp³-hybridized carbons (Fsp3) is 0.0172. The van der Waals surface area contributed by atoms with E-state index in [-0.39, 0.29) is 6.17 Å². The molecule has 1 aliphatic heterocycles. The van der Waals surface area contributed by atoms with Gasteiger partial charge in [-0.3, -0.25) is 0 Å². The van der Waals surface area contributed by atoms with Crippen LogP contribution in [0.1, 0.15) is 22.9 Å². The van der Waals surface area contributed by atoms with Crippen molar-refractivity contribution in [3.05, 3.63) is 235 Å². The van der Waals surface area contributed by atoms with Crippen LogP contribution in [0.3, 0.4) is 0 Å². The van der Waals surface area contributed by atoms with E-state index < -0.39 is 0 Å². The summed E-state index contributed by atoms with van der Waals surface area (Å²) in [4.78, 5) is 26.4. The molecular weight excluding hydrogens is 813 g/mol. The summed E-state index contributed by atoms with van der Waals surface area (Å²) in [7, 11) is 0. The molecule has 0 aliphatic carbocycles. The quantitative estimate of drug-likeness (QED) is 0.165. The molecular formula is C58H38N6S. The van der Waals surface area contributed by atoms with Crippen LogP contribution in [0.5, 0.6) is 0 Å². The molecule has 306 valence electrons. The monoisotopic (exact) mass is 850 g/mol. The molecule has 2 aromatic heterocycles. The highest BCUT2D eigenvalue weighted by Crippen LogP contribution is 2.45. The molecule has 0 spiro atoms. The molecule has 1 N–H and O–H groups in total. The molecule has 12 rings (SSSR count). The molecule has 0 saturated heterocycles. The van der Waals surface area contributed by atoms with Gasteiger partial charge in [-0.25, -0.2) is 24.9 Å². The predicted octanol–water partition coefficient (Wildman–Crippen LogP) is 14.2. The molecule has 1 aliphatic rings. The molecule has 0 bridgehead atoms. The van der Waals surface area contributed by atoms with Crippen LogP contribution in [-0.4, -0.2) is 26.6 Å². The Hall–Kier alpha value is -8.39. The molecule has 0 radical (unpaired) electrons. The number of hydrogen-bond acceptors (Lipinski definition) is 7. The maximum atomic E-state index is 5.41. The highest BCUT2D eigenvalue weighted by Gasteiger charge is 2.25. The van der Waals surface area contributed by atoms with Gasteiger partial charge in [0.05, 0.1) is 0 Å². The molecule has 0 amide bonds. The van der Waals surface area contributed by atoms with Crippen molar-refractivity contribution in [3.8, 4) is 56.4 Å². The number of thiophene rings is 1. The van der Waals surface area contributed by atoms with E-state index in [9.17, 15) is 0 Å². The van der Waals surface area contributed by atoms with E-state index in [0.717, 1.165) is 77.6 Å². The molecule has 9 aromatic carbocycles. The molecule has 7 heteroatoms. The minimum Gasteiger partial charge on any atom is -0.344 e. The van der Waals surface area contributed by atoms with E-state index in [2.05, 4.69) is 193 Å². The summed E-state index contributed by atoms with van der Waals surface area (Å²) < 4.78 is 2.38. The van der Waals surface area contributed by atoms with Gasteiger partial charge in [0.25, 0.3) is 0 Å². The van der Waals surface area contributed by atoms with Crippen molar-refractivity contribution in [2.75, 3.05) is 0 Å². The summed E-state index contributed by atoms with van der Waals surface area (Å²) in [5, 5.41) is 8.19. The van der Waals surface area contributed by atoms with Crippen LogP contribution in [0.2, 0.25) is 0 Å². The predicted molar refractivity (Wildman–Crippen MR) is 269 cm³/mol. The first-order chi connectivity index (χ1) is 32.2. The Labute approximate surface area is 380 Å². The Balaban J connectivity index is 1.02. The van der Waals surface area contributed by atoms with Crippen molar-refractivity contribution in [1.29, 1.82) is 0 Å². The van der Waals surface area contributed by atoms with Gasteiger partial charge in [-0.05, 0) is 50.7 Å². The minimum atomic E-state index is -0.332. The van der Waals surface area contributed by atoms with E-state index in [1.54, 1.807) is 11.3 Å². The first-order valence-electron chi connectivity index (χ1n) is 21.7. The Bertz CT molecular complexity index is 3610. The lowest BCUT2D eigenvalue weighted by Gasteiger charge is -2.24. The SMILES string of the molecule is c1ccc(-c2nc(-c3cccc4ccccc34)nc(-c3c(-c4ccc(C5=NC(c6ccccc6-c6ccccc6)=NC(c6ccccc6)N5)cc4)ccc4sc5ccccc5c34)n2)cc1. The van der Waals surface area contributed by atoms with Crippen LogP contribution in [0.25, 0.3) is 87.4 Å². The largest absolute Gasteiger partial charge is 0.344 e. The van der Waals surface area contributed by atoms with E-state index >= 15 is 0 Å². The average molecular weight is 851 g/mol. The van der Waals surface area contributed by atoms with Crippen molar-refractivity contribution in [1.82, 2.24) is 20.3 Å². The van der Waals surface area contributed by atoms with Crippen LogP contribution >= 0.6 is 11.3 Å². The van der Waals surface area contributed by atoms with Gasteiger partial charge in [-0.1, -0.05) is 206 Å². The van der Waals surface area contributed by atoms with Crippen molar-refractivity contribution in [2.45, 2.75) is 6.17 Å². The Morgan fingerprint density at radius 2 is 0.969 bits per heavy atom. The first kappa shape index (κ1) is 38.3. The second-order valence-electron chi connectivity index (χ2n) is 16.0. The molecule has 0 fully saturated rings. The minimum absolute atomic E-state index is 0.332. The van der Waals surface area contributed by atoms with Crippen molar-refractivity contribution in [2.24, 2.45) is 9.98 Å². The van der Waals surface area contributed by atoms with Gasteiger partial charge < -0.3 is 5.32 Å². The summed E-state index contributed by atoms with van der Waals surface area (Å²) in [6.45, 7) is 0. The number of amidine groups is 2. The van der Waals surface area contributed by atoms with Crippen molar-refractivity contribution < 1.29 is 0 Å². The molecule has 6 nitrogen and oxygen atoms in total. The summed E-state index contributed by atoms with van der Waals surface area (Å²) >= 11 is 1.79. The number of nitrogens with zero attached hydrogens (tertiary/aromatic N) is 5. The maximum Gasteiger partial charge on any atom is 0.165 e. The summed E-state index contributed by atoms with van der Waals surface area (Å²) in [5.41, 5.74) is 10.1. The van der Waals surface area contributed by atoms with Gasteiger partial charge in [-0.15, -0.1) is 11.3 Å². The van der Waals surface area contributed by atoms with Crippen LogP contribution in [0.4, 0.5) is 0 Å². The third-order valence-electron chi connectivity index (χ3n) is 12.0. The first-order valence-corrected chi connectivity index (χ1v) is 22.5. The molecule has 0 saturated carbocycles. The lowest BCUT2D eigenvalue weighted by Crippen LogP contribution is -2.33. The maximum absolute atomic E-state index is 5.41. The number of benzene rings is 9. The number of nitrogens with one attached hydrogen (secondary N) is 1. The van der Waals surface area contributed by atoms with Gasteiger partial charge in [0.1, 0.15) is 12.0 Å².